The number of anilines is 1. The highest BCUT2D eigenvalue weighted by atomic mass is 32.2. The van der Waals surface area contributed by atoms with Crippen LogP contribution in [0.2, 0.25) is 0 Å². The predicted molar refractivity (Wildman–Crippen MR) is 167 cm³/mol. The van der Waals surface area contributed by atoms with Gasteiger partial charge < -0.3 is 9.73 Å². The van der Waals surface area contributed by atoms with Crippen LogP contribution in [0.4, 0.5) is 10.1 Å². The van der Waals surface area contributed by atoms with Crippen LogP contribution in [-0.2, 0) is 10.0 Å². The molecule has 1 unspecified atom stereocenters. The summed E-state index contributed by atoms with van der Waals surface area (Å²) < 4.78 is 46.6. The number of amides is 1. The van der Waals surface area contributed by atoms with Gasteiger partial charge in [-0.3, -0.25) is 9.10 Å². The second-order valence-electron chi connectivity index (χ2n) is 10.4. The predicted octanol–water partition coefficient (Wildman–Crippen LogP) is 7.51. The van der Waals surface area contributed by atoms with E-state index in [9.17, 15) is 17.6 Å². The molecule has 0 aliphatic carbocycles. The number of halogens is 1. The molecule has 0 spiro atoms. The highest BCUT2D eigenvalue weighted by Crippen LogP contribution is 2.42. The first-order valence-electron chi connectivity index (χ1n) is 13.7. The van der Waals surface area contributed by atoms with Crippen molar-refractivity contribution in [2.45, 2.75) is 26.2 Å². The van der Waals surface area contributed by atoms with Crippen molar-refractivity contribution in [3.05, 3.63) is 113 Å². The monoisotopic (exact) mass is 584 g/mol. The van der Waals surface area contributed by atoms with E-state index in [1.165, 1.54) is 41.7 Å². The van der Waals surface area contributed by atoms with Crippen LogP contribution in [0.15, 0.2) is 89.3 Å². The zero-order valence-corrected chi connectivity index (χ0v) is 25.1. The summed E-state index contributed by atoms with van der Waals surface area (Å²) in [6.45, 7) is 4.25. The summed E-state index contributed by atoms with van der Waals surface area (Å²) in [6, 6.07) is 25.5. The Balaban J connectivity index is 1.78. The van der Waals surface area contributed by atoms with Crippen molar-refractivity contribution >= 4 is 32.6 Å². The number of furan rings is 1. The number of fused-ring (bicyclic) bond motifs is 1. The maximum Gasteiger partial charge on any atom is 0.255 e. The van der Waals surface area contributed by atoms with E-state index >= 15 is 0 Å². The summed E-state index contributed by atoms with van der Waals surface area (Å²) in [7, 11) is -0.620. The van der Waals surface area contributed by atoms with Gasteiger partial charge in [-0.15, -0.1) is 0 Å². The Labute approximate surface area is 245 Å². The van der Waals surface area contributed by atoms with E-state index < -0.39 is 15.8 Å². The molecule has 8 heteroatoms. The molecule has 42 heavy (non-hydrogen) atoms. The van der Waals surface area contributed by atoms with Crippen molar-refractivity contribution in [3.8, 4) is 22.5 Å². The van der Waals surface area contributed by atoms with Gasteiger partial charge in [0.1, 0.15) is 17.2 Å². The lowest BCUT2D eigenvalue weighted by Gasteiger charge is -2.22. The molecule has 5 rings (SSSR count). The second kappa shape index (κ2) is 11.4. The van der Waals surface area contributed by atoms with Crippen molar-refractivity contribution in [2.75, 3.05) is 24.7 Å². The molecule has 4 aromatic carbocycles. The Hall–Kier alpha value is -4.43. The molecule has 1 heterocycles. The fourth-order valence-electron chi connectivity index (χ4n) is 5.49. The van der Waals surface area contributed by atoms with Crippen LogP contribution in [0.1, 0.15) is 46.3 Å². The topological polar surface area (TPSA) is 79.6 Å². The van der Waals surface area contributed by atoms with Gasteiger partial charge in [0.05, 0.1) is 17.5 Å². The van der Waals surface area contributed by atoms with Gasteiger partial charge in [-0.25, -0.2) is 12.8 Å². The summed E-state index contributed by atoms with van der Waals surface area (Å²) in [4.78, 5) is 13.2. The molecule has 0 radical (unpaired) electrons. The number of aryl methyl sites for hydroxylation is 1. The van der Waals surface area contributed by atoms with E-state index in [-0.39, 0.29) is 23.1 Å². The molecular weight excluding hydrogens is 551 g/mol. The van der Waals surface area contributed by atoms with Crippen LogP contribution in [0, 0.1) is 12.7 Å². The van der Waals surface area contributed by atoms with Gasteiger partial charge in [-0.2, -0.15) is 0 Å². The quantitative estimate of drug-likeness (QED) is 0.205. The largest absolute Gasteiger partial charge is 0.455 e. The van der Waals surface area contributed by atoms with Crippen LogP contribution < -0.4 is 9.62 Å². The Bertz CT molecular complexity index is 1900. The minimum atomic E-state index is -3.65. The molecule has 0 aliphatic heterocycles. The molecule has 5 aromatic rings. The van der Waals surface area contributed by atoms with Crippen LogP contribution >= 0.6 is 0 Å². The number of nitrogens with one attached hydrogen (secondary N) is 1. The Morgan fingerprint density at radius 1 is 0.976 bits per heavy atom. The highest BCUT2D eigenvalue weighted by Gasteiger charge is 2.26. The average molecular weight is 585 g/mol. The van der Waals surface area contributed by atoms with Crippen molar-refractivity contribution in [1.82, 2.24) is 5.32 Å². The van der Waals surface area contributed by atoms with Crippen LogP contribution in [0.5, 0.6) is 0 Å². The van der Waals surface area contributed by atoms with Crippen molar-refractivity contribution in [3.63, 3.8) is 0 Å². The number of benzene rings is 4. The zero-order chi connectivity index (χ0) is 30.2. The minimum Gasteiger partial charge on any atom is -0.455 e. The van der Waals surface area contributed by atoms with E-state index in [2.05, 4.69) is 43.4 Å². The maximum absolute atomic E-state index is 13.7. The third kappa shape index (κ3) is 5.42. The number of carbonyl (C=O) groups excluding carboxylic acids is 1. The molecule has 0 saturated carbocycles. The van der Waals surface area contributed by atoms with Crippen LogP contribution in [0.3, 0.4) is 0 Å². The molecule has 1 atom stereocenters. The average Bonchev–Trinajstić information content (AvgIpc) is 3.35. The molecular formula is C34H33FN2O4S. The lowest BCUT2D eigenvalue weighted by Crippen LogP contribution is -2.25. The zero-order valence-electron chi connectivity index (χ0n) is 24.2. The van der Waals surface area contributed by atoms with E-state index in [1.807, 2.05) is 24.3 Å². The first-order valence-corrected chi connectivity index (χ1v) is 15.6. The Kier molecular flexibility index (Phi) is 7.93. The standard InChI is InChI=1S/C34H33FN2O4S/c1-6-26(27-13-8-7-10-21(27)2)23-11-9-12-24(18-23)28-19-29-31(20-30(28)37(4)42(5,39)40)41-33(32(29)34(38)36-3)22-14-16-25(35)17-15-22/h7-20,26H,6H2,1-5H3,(H,36,38). The molecule has 1 N–H and O–H groups in total. The van der Waals surface area contributed by atoms with Gasteiger partial charge >= 0.3 is 0 Å². The van der Waals surface area contributed by atoms with E-state index in [4.69, 9.17) is 4.42 Å². The molecule has 1 aromatic heterocycles. The number of rotatable bonds is 8. The normalized spacial score (nSPS) is 12.3. The molecule has 0 aliphatic rings. The van der Waals surface area contributed by atoms with Gasteiger partial charge in [0, 0.05) is 42.6 Å². The van der Waals surface area contributed by atoms with Crippen LogP contribution in [-0.4, -0.2) is 34.7 Å². The van der Waals surface area contributed by atoms with Crippen molar-refractivity contribution < 1.29 is 22.0 Å². The van der Waals surface area contributed by atoms with E-state index in [0.29, 0.717) is 27.8 Å². The van der Waals surface area contributed by atoms with Gasteiger partial charge in [0.2, 0.25) is 10.0 Å². The first kappa shape index (κ1) is 29.1. The summed E-state index contributed by atoms with van der Waals surface area (Å²) >= 11 is 0. The van der Waals surface area contributed by atoms with E-state index in [1.54, 1.807) is 24.3 Å². The molecule has 0 bridgehead atoms. The summed E-state index contributed by atoms with van der Waals surface area (Å²) in [5.41, 5.74) is 6.54. The maximum atomic E-state index is 13.7. The van der Waals surface area contributed by atoms with Crippen molar-refractivity contribution in [2.24, 2.45) is 0 Å². The van der Waals surface area contributed by atoms with E-state index in [0.717, 1.165) is 23.8 Å². The fourth-order valence-corrected chi connectivity index (χ4v) is 6.00. The van der Waals surface area contributed by atoms with Gasteiger partial charge in [0.15, 0.2) is 0 Å². The number of hydrogen-bond donors (Lipinski definition) is 1. The molecule has 216 valence electrons. The molecule has 1 amide bonds. The number of sulfonamides is 1. The van der Waals surface area contributed by atoms with Gasteiger partial charge in [-0.1, -0.05) is 55.5 Å². The van der Waals surface area contributed by atoms with Crippen molar-refractivity contribution in [1.29, 1.82) is 0 Å². The fraction of sp³-hybridized carbons (Fsp3) is 0.206. The van der Waals surface area contributed by atoms with Gasteiger partial charge in [0.25, 0.3) is 5.91 Å². The second-order valence-corrected chi connectivity index (χ2v) is 12.4. The lowest BCUT2D eigenvalue weighted by atomic mass is 9.85. The number of hydrogen-bond acceptors (Lipinski definition) is 4. The smallest absolute Gasteiger partial charge is 0.255 e. The van der Waals surface area contributed by atoms with Gasteiger partial charge in [-0.05, 0) is 65.9 Å². The number of nitrogens with zero attached hydrogens (tertiary/aromatic N) is 1. The molecule has 0 saturated heterocycles. The third-order valence-corrected chi connectivity index (χ3v) is 8.97. The number of carbonyl (C=O) groups is 1. The summed E-state index contributed by atoms with van der Waals surface area (Å²) in [5, 5.41) is 3.20. The summed E-state index contributed by atoms with van der Waals surface area (Å²) in [5.74, 6) is -0.366. The summed E-state index contributed by atoms with van der Waals surface area (Å²) in [6.07, 6.45) is 2.03. The SMILES string of the molecule is CCC(c1cccc(-c2cc3c(C(=O)NC)c(-c4ccc(F)cc4)oc3cc2N(C)S(C)(=O)=O)c1)c1ccccc1C. The van der Waals surface area contributed by atoms with Crippen LogP contribution in [0.25, 0.3) is 33.4 Å². The Morgan fingerprint density at radius 3 is 2.33 bits per heavy atom. The Morgan fingerprint density at radius 2 is 1.69 bits per heavy atom. The third-order valence-electron chi connectivity index (χ3n) is 7.78. The molecule has 6 nitrogen and oxygen atoms in total. The minimum absolute atomic E-state index is 0.145. The first-order chi connectivity index (χ1) is 20.0. The molecule has 0 fully saturated rings. The highest BCUT2D eigenvalue weighted by molar-refractivity contribution is 7.92. The lowest BCUT2D eigenvalue weighted by molar-refractivity contribution is 0.0964.